The van der Waals surface area contributed by atoms with Gasteiger partial charge in [-0.2, -0.15) is 0 Å². The van der Waals surface area contributed by atoms with E-state index < -0.39 is 6.10 Å². The molecule has 1 N–H and O–H groups in total. The Morgan fingerprint density at radius 1 is 1.89 bits per heavy atom. The Bertz CT molecular complexity index is 107. The van der Waals surface area contributed by atoms with Crippen LogP contribution in [0.4, 0.5) is 0 Å². The summed E-state index contributed by atoms with van der Waals surface area (Å²) in [6.45, 7) is 4.90. The van der Waals surface area contributed by atoms with Crippen LogP contribution in [0.25, 0.3) is 0 Å². The summed E-state index contributed by atoms with van der Waals surface area (Å²) in [6.07, 6.45) is 1.82. The number of ketones is 1. The predicted molar refractivity (Wildman–Crippen MR) is 36.1 cm³/mol. The van der Waals surface area contributed by atoms with E-state index in [2.05, 4.69) is 6.58 Å². The molecule has 0 aromatic carbocycles. The molecule has 0 heterocycles. The summed E-state index contributed by atoms with van der Waals surface area (Å²) in [5.74, 6) is 0.0179. The third kappa shape index (κ3) is 5.24. The molecule has 0 aromatic heterocycles. The number of hydrogen-bond acceptors (Lipinski definition) is 2. The summed E-state index contributed by atoms with van der Waals surface area (Å²) in [5, 5.41) is 8.93. The van der Waals surface area contributed by atoms with Crippen LogP contribution in [0.3, 0.4) is 0 Å². The van der Waals surface area contributed by atoms with Crippen LogP contribution in [0.1, 0.15) is 19.8 Å². The fourth-order valence-corrected chi connectivity index (χ4v) is 0.608. The number of rotatable bonds is 4. The van der Waals surface area contributed by atoms with E-state index in [4.69, 9.17) is 5.11 Å². The van der Waals surface area contributed by atoms with Crippen molar-refractivity contribution < 1.29 is 9.90 Å². The molecule has 2 nitrogen and oxygen atoms in total. The topological polar surface area (TPSA) is 37.3 Å². The fraction of sp³-hybridized carbons (Fsp3) is 0.571. The van der Waals surface area contributed by atoms with Crippen LogP contribution in [0.15, 0.2) is 12.7 Å². The van der Waals surface area contributed by atoms with E-state index in [1.54, 1.807) is 6.08 Å². The van der Waals surface area contributed by atoms with E-state index in [1.807, 2.05) is 0 Å². The normalized spacial score (nSPS) is 12.7. The van der Waals surface area contributed by atoms with Gasteiger partial charge in [0.05, 0.1) is 6.10 Å². The van der Waals surface area contributed by atoms with Crippen molar-refractivity contribution in [3.8, 4) is 0 Å². The maximum absolute atomic E-state index is 10.3. The molecular formula is C7H12O2. The van der Waals surface area contributed by atoms with Gasteiger partial charge in [-0.05, 0) is 13.3 Å². The zero-order valence-electron chi connectivity index (χ0n) is 5.63. The minimum Gasteiger partial charge on any atom is -0.392 e. The highest BCUT2D eigenvalue weighted by molar-refractivity contribution is 5.75. The van der Waals surface area contributed by atoms with E-state index in [1.165, 1.54) is 6.92 Å². The van der Waals surface area contributed by atoms with Crippen LogP contribution in [0, 0.1) is 0 Å². The summed E-state index contributed by atoms with van der Waals surface area (Å²) < 4.78 is 0. The van der Waals surface area contributed by atoms with Gasteiger partial charge in [-0.1, -0.05) is 6.08 Å². The molecule has 0 aliphatic carbocycles. The molecule has 0 aromatic rings. The number of Topliss-reactive ketones (excluding diaryl/α,β-unsaturated/α-hetero) is 1. The number of carbonyl (C=O) groups is 1. The molecule has 0 aliphatic heterocycles. The molecule has 0 radical (unpaired) electrons. The third-order valence-corrected chi connectivity index (χ3v) is 0.962. The summed E-state index contributed by atoms with van der Waals surface area (Å²) in [5.41, 5.74) is 0. The van der Waals surface area contributed by atoms with Crippen molar-refractivity contribution in [3.05, 3.63) is 12.7 Å². The van der Waals surface area contributed by atoms with Crippen molar-refractivity contribution in [1.82, 2.24) is 0 Å². The minimum atomic E-state index is -0.528. The van der Waals surface area contributed by atoms with Crippen molar-refractivity contribution in [2.75, 3.05) is 0 Å². The number of carbonyl (C=O) groups excluding carboxylic acids is 1. The zero-order chi connectivity index (χ0) is 7.28. The monoisotopic (exact) mass is 128 g/mol. The Morgan fingerprint density at radius 3 is 2.78 bits per heavy atom. The first kappa shape index (κ1) is 8.37. The van der Waals surface area contributed by atoms with Crippen LogP contribution in [-0.2, 0) is 4.79 Å². The molecule has 0 saturated carbocycles. The molecular weight excluding hydrogens is 116 g/mol. The molecule has 0 spiro atoms. The second-order valence-corrected chi connectivity index (χ2v) is 2.08. The first-order valence-electron chi connectivity index (χ1n) is 2.95. The van der Waals surface area contributed by atoms with Gasteiger partial charge in [-0.25, -0.2) is 0 Å². The van der Waals surface area contributed by atoms with Gasteiger partial charge in [0.15, 0.2) is 0 Å². The van der Waals surface area contributed by atoms with Gasteiger partial charge in [0, 0.05) is 6.42 Å². The molecule has 1 atom stereocenters. The lowest BCUT2D eigenvalue weighted by Gasteiger charge is -2.02. The summed E-state index contributed by atoms with van der Waals surface area (Å²) in [7, 11) is 0. The Hall–Kier alpha value is -0.630. The van der Waals surface area contributed by atoms with Crippen LogP contribution in [0.5, 0.6) is 0 Å². The van der Waals surface area contributed by atoms with E-state index in [9.17, 15) is 4.79 Å². The molecule has 52 valence electrons. The van der Waals surface area contributed by atoms with E-state index in [0.29, 0.717) is 6.42 Å². The molecule has 0 amide bonds. The highest BCUT2D eigenvalue weighted by atomic mass is 16.3. The van der Waals surface area contributed by atoms with Gasteiger partial charge in [0.1, 0.15) is 5.78 Å². The van der Waals surface area contributed by atoms with E-state index in [-0.39, 0.29) is 12.2 Å². The van der Waals surface area contributed by atoms with Gasteiger partial charge < -0.3 is 5.11 Å². The second kappa shape index (κ2) is 4.27. The lowest BCUT2D eigenvalue weighted by atomic mass is 10.1. The first-order valence-corrected chi connectivity index (χ1v) is 2.95. The Kier molecular flexibility index (Phi) is 3.97. The number of hydrogen-bond donors (Lipinski definition) is 1. The number of aliphatic hydroxyl groups excluding tert-OH is 1. The molecule has 2 heteroatoms. The SMILES string of the molecule is C=CCC(O)CC(C)=O. The minimum absolute atomic E-state index is 0.0179. The van der Waals surface area contributed by atoms with Gasteiger partial charge in [0.2, 0.25) is 0 Å². The van der Waals surface area contributed by atoms with Gasteiger partial charge >= 0.3 is 0 Å². The summed E-state index contributed by atoms with van der Waals surface area (Å²) >= 11 is 0. The third-order valence-electron chi connectivity index (χ3n) is 0.962. The standard InChI is InChI=1S/C7H12O2/c1-3-4-7(9)5-6(2)8/h3,7,9H,1,4-5H2,2H3. The Balaban J connectivity index is 3.37. The average Bonchev–Trinajstić information content (AvgIpc) is 1.63. The largest absolute Gasteiger partial charge is 0.392 e. The van der Waals surface area contributed by atoms with Crippen molar-refractivity contribution in [3.63, 3.8) is 0 Å². The molecule has 9 heavy (non-hydrogen) atoms. The maximum atomic E-state index is 10.3. The smallest absolute Gasteiger partial charge is 0.132 e. The molecule has 0 rings (SSSR count). The average molecular weight is 128 g/mol. The lowest BCUT2D eigenvalue weighted by Crippen LogP contribution is -2.09. The Labute approximate surface area is 55.2 Å². The molecule has 0 aliphatic rings. The van der Waals surface area contributed by atoms with Gasteiger partial charge in [-0.15, -0.1) is 6.58 Å². The fourth-order valence-electron chi connectivity index (χ4n) is 0.608. The van der Waals surface area contributed by atoms with E-state index in [0.717, 1.165) is 0 Å². The molecule has 0 fully saturated rings. The predicted octanol–water partition coefficient (Wildman–Crippen LogP) is 0.902. The Morgan fingerprint density at radius 2 is 2.44 bits per heavy atom. The number of aliphatic hydroxyl groups is 1. The van der Waals surface area contributed by atoms with Gasteiger partial charge in [-0.3, -0.25) is 4.79 Å². The first-order chi connectivity index (χ1) is 4.16. The van der Waals surface area contributed by atoms with Crippen LogP contribution in [-0.4, -0.2) is 17.0 Å². The maximum Gasteiger partial charge on any atom is 0.132 e. The van der Waals surface area contributed by atoms with E-state index >= 15 is 0 Å². The quantitative estimate of drug-likeness (QED) is 0.571. The summed E-state index contributed by atoms with van der Waals surface area (Å²) in [4.78, 5) is 10.3. The van der Waals surface area contributed by atoms with Crippen LogP contribution in [0.2, 0.25) is 0 Å². The van der Waals surface area contributed by atoms with Crippen LogP contribution < -0.4 is 0 Å². The highest BCUT2D eigenvalue weighted by Crippen LogP contribution is 1.97. The van der Waals surface area contributed by atoms with Crippen molar-refractivity contribution in [2.24, 2.45) is 0 Å². The highest BCUT2D eigenvalue weighted by Gasteiger charge is 2.03. The van der Waals surface area contributed by atoms with Crippen molar-refractivity contribution >= 4 is 5.78 Å². The molecule has 1 unspecified atom stereocenters. The van der Waals surface area contributed by atoms with Crippen molar-refractivity contribution in [1.29, 1.82) is 0 Å². The lowest BCUT2D eigenvalue weighted by molar-refractivity contribution is -0.118. The zero-order valence-corrected chi connectivity index (χ0v) is 5.63. The van der Waals surface area contributed by atoms with Crippen LogP contribution >= 0.6 is 0 Å². The molecule has 0 saturated heterocycles. The van der Waals surface area contributed by atoms with Crippen molar-refractivity contribution in [2.45, 2.75) is 25.9 Å². The molecule has 0 bridgehead atoms. The van der Waals surface area contributed by atoms with Gasteiger partial charge in [0.25, 0.3) is 0 Å². The second-order valence-electron chi connectivity index (χ2n) is 2.08. The summed E-state index contributed by atoms with van der Waals surface area (Å²) in [6, 6.07) is 0.